The lowest BCUT2D eigenvalue weighted by Crippen LogP contribution is -1.91. The van der Waals surface area contributed by atoms with Crippen molar-refractivity contribution in [3.8, 4) is 17.1 Å². The van der Waals surface area contributed by atoms with Gasteiger partial charge in [0.1, 0.15) is 5.75 Å². The predicted molar refractivity (Wildman–Crippen MR) is 65.1 cm³/mol. The molecule has 0 aliphatic heterocycles. The number of aromatic nitrogens is 3. The number of hydrogen-bond donors (Lipinski definition) is 1. The fraction of sp³-hybridized carbons (Fsp3) is 0.273. The molecule has 16 heavy (non-hydrogen) atoms. The topological polar surface area (TPSA) is 42.8 Å². The van der Waals surface area contributed by atoms with Gasteiger partial charge >= 0.3 is 0 Å². The first kappa shape index (κ1) is 10.9. The molecule has 0 atom stereocenters. The molecule has 0 saturated heterocycles. The molecule has 0 spiro atoms. The molecule has 0 radical (unpaired) electrons. The lowest BCUT2D eigenvalue weighted by Gasteiger charge is -2.05. The molecule has 4 nitrogen and oxygen atoms in total. The Morgan fingerprint density at radius 1 is 1.44 bits per heavy atom. The zero-order valence-corrected chi connectivity index (χ0v) is 10.3. The molecule has 1 N–H and O–H groups in total. The minimum atomic E-state index is 0.537. The number of nitrogens with one attached hydrogen (secondary N) is 1. The highest BCUT2D eigenvalue weighted by molar-refractivity contribution is 7.71. The summed E-state index contributed by atoms with van der Waals surface area (Å²) in [5, 5.41) is 3.08. The van der Waals surface area contributed by atoms with Gasteiger partial charge in [0, 0.05) is 12.6 Å². The number of H-pyrrole nitrogens is 1. The summed E-state index contributed by atoms with van der Waals surface area (Å²) in [5.74, 6) is 1.60. The number of rotatable bonds is 2. The summed E-state index contributed by atoms with van der Waals surface area (Å²) in [6, 6.07) is 5.94. The Morgan fingerprint density at radius 3 is 2.75 bits per heavy atom. The van der Waals surface area contributed by atoms with Crippen LogP contribution in [0.15, 0.2) is 18.2 Å². The summed E-state index contributed by atoms with van der Waals surface area (Å²) in [6.07, 6.45) is 0. The molecule has 0 fully saturated rings. The Morgan fingerprint density at radius 2 is 2.19 bits per heavy atom. The van der Waals surface area contributed by atoms with Crippen LogP contribution >= 0.6 is 12.2 Å². The lowest BCUT2D eigenvalue weighted by atomic mass is 10.1. The van der Waals surface area contributed by atoms with Crippen molar-refractivity contribution in [3.05, 3.63) is 28.5 Å². The maximum atomic E-state index is 5.27. The minimum absolute atomic E-state index is 0.537. The third-order valence-electron chi connectivity index (χ3n) is 2.45. The van der Waals surface area contributed by atoms with Gasteiger partial charge in [0.15, 0.2) is 5.82 Å². The fourth-order valence-electron chi connectivity index (χ4n) is 1.50. The molecule has 2 rings (SSSR count). The van der Waals surface area contributed by atoms with Gasteiger partial charge in [-0.1, -0.05) is 12.1 Å². The molecule has 0 unspecified atom stereocenters. The number of aryl methyl sites for hydroxylation is 2. The normalized spacial score (nSPS) is 10.4. The fourth-order valence-corrected chi connectivity index (χ4v) is 1.64. The molecule has 1 aromatic heterocycles. The molecular formula is C11H13N3OS. The average Bonchev–Trinajstić information content (AvgIpc) is 2.60. The summed E-state index contributed by atoms with van der Waals surface area (Å²) in [5.41, 5.74) is 2.06. The second-order valence-electron chi connectivity index (χ2n) is 3.60. The second-order valence-corrected chi connectivity index (χ2v) is 3.96. The van der Waals surface area contributed by atoms with Gasteiger partial charge in [0.25, 0.3) is 0 Å². The number of aromatic amines is 1. The minimum Gasteiger partial charge on any atom is -0.496 e. The molecule has 1 heterocycles. The molecule has 2 aromatic rings. The Kier molecular flexibility index (Phi) is 2.78. The first-order valence-corrected chi connectivity index (χ1v) is 5.30. The van der Waals surface area contributed by atoms with Gasteiger partial charge in [0.2, 0.25) is 4.77 Å². The van der Waals surface area contributed by atoms with Crippen molar-refractivity contribution in [2.75, 3.05) is 7.11 Å². The van der Waals surface area contributed by atoms with Crippen LogP contribution in [-0.4, -0.2) is 21.9 Å². The van der Waals surface area contributed by atoms with Crippen molar-refractivity contribution in [3.63, 3.8) is 0 Å². The average molecular weight is 235 g/mol. The molecule has 0 aliphatic carbocycles. The SMILES string of the molecule is COc1cc(-c2nc(=S)n(C)[nH]2)ccc1C. The van der Waals surface area contributed by atoms with E-state index in [0.29, 0.717) is 4.77 Å². The third-order valence-corrected chi connectivity index (χ3v) is 2.81. The maximum absolute atomic E-state index is 5.27. The van der Waals surface area contributed by atoms with Crippen LogP contribution in [0.25, 0.3) is 11.4 Å². The highest BCUT2D eigenvalue weighted by Gasteiger charge is 2.06. The van der Waals surface area contributed by atoms with Gasteiger partial charge < -0.3 is 4.74 Å². The van der Waals surface area contributed by atoms with Crippen LogP contribution in [0.3, 0.4) is 0 Å². The van der Waals surface area contributed by atoms with E-state index in [0.717, 1.165) is 22.7 Å². The van der Waals surface area contributed by atoms with Crippen molar-refractivity contribution in [2.24, 2.45) is 7.05 Å². The van der Waals surface area contributed by atoms with E-state index in [1.807, 2.05) is 32.2 Å². The van der Waals surface area contributed by atoms with Crippen LogP contribution in [0.5, 0.6) is 5.75 Å². The van der Waals surface area contributed by atoms with Crippen molar-refractivity contribution >= 4 is 12.2 Å². The maximum Gasteiger partial charge on any atom is 0.216 e. The molecule has 84 valence electrons. The van der Waals surface area contributed by atoms with E-state index in [9.17, 15) is 0 Å². The summed E-state index contributed by atoms with van der Waals surface area (Å²) in [4.78, 5) is 4.25. The molecule has 0 amide bonds. The van der Waals surface area contributed by atoms with Gasteiger partial charge in [-0.25, -0.2) is 0 Å². The monoisotopic (exact) mass is 235 g/mol. The molecule has 0 saturated carbocycles. The smallest absolute Gasteiger partial charge is 0.216 e. The van der Waals surface area contributed by atoms with Gasteiger partial charge in [-0.05, 0) is 30.8 Å². The summed E-state index contributed by atoms with van der Waals surface area (Å²) >= 11 is 5.05. The number of hydrogen-bond acceptors (Lipinski definition) is 3. The quantitative estimate of drug-likeness (QED) is 0.813. The van der Waals surface area contributed by atoms with E-state index in [4.69, 9.17) is 17.0 Å². The Hall–Kier alpha value is -1.62. The number of methoxy groups -OCH3 is 1. The largest absolute Gasteiger partial charge is 0.496 e. The van der Waals surface area contributed by atoms with E-state index in [1.165, 1.54) is 0 Å². The summed E-state index contributed by atoms with van der Waals surface area (Å²) in [7, 11) is 3.50. The third kappa shape index (κ3) is 1.86. The van der Waals surface area contributed by atoms with Gasteiger partial charge in [-0.15, -0.1) is 0 Å². The van der Waals surface area contributed by atoms with Gasteiger partial charge in [0.05, 0.1) is 7.11 Å². The summed E-state index contributed by atoms with van der Waals surface area (Å²) < 4.78 is 7.51. The first-order valence-electron chi connectivity index (χ1n) is 4.90. The van der Waals surface area contributed by atoms with Gasteiger partial charge in [-0.3, -0.25) is 9.78 Å². The van der Waals surface area contributed by atoms with E-state index in [-0.39, 0.29) is 0 Å². The Labute approximate surface area is 98.9 Å². The number of benzene rings is 1. The van der Waals surface area contributed by atoms with E-state index < -0.39 is 0 Å². The van der Waals surface area contributed by atoms with E-state index in [2.05, 4.69) is 10.1 Å². The second kappa shape index (κ2) is 4.09. The molecule has 5 heteroatoms. The first-order chi connectivity index (χ1) is 7.61. The van der Waals surface area contributed by atoms with Crippen LogP contribution in [0, 0.1) is 11.7 Å². The highest BCUT2D eigenvalue weighted by Crippen LogP contribution is 2.24. The summed E-state index contributed by atoms with van der Waals surface area (Å²) in [6.45, 7) is 2.00. The van der Waals surface area contributed by atoms with Crippen molar-refractivity contribution in [1.29, 1.82) is 0 Å². The van der Waals surface area contributed by atoms with E-state index in [1.54, 1.807) is 11.8 Å². The molecular weight excluding hydrogens is 222 g/mol. The van der Waals surface area contributed by atoms with Crippen LogP contribution in [0.2, 0.25) is 0 Å². The van der Waals surface area contributed by atoms with Gasteiger partial charge in [-0.2, -0.15) is 4.98 Å². The standard InChI is InChI=1S/C11H13N3OS/c1-7-4-5-8(6-9(7)15-3)10-12-11(16)14(2)13-10/h4-6H,1-3H3,(H,12,13,16). The predicted octanol–water partition coefficient (Wildman–Crippen LogP) is 2.46. The van der Waals surface area contributed by atoms with E-state index >= 15 is 0 Å². The lowest BCUT2D eigenvalue weighted by molar-refractivity contribution is 0.412. The number of ether oxygens (including phenoxy) is 1. The van der Waals surface area contributed by atoms with Crippen LogP contribution in [0.1, 0.15) is 5.56 Å². The number of nitrogens with zero attached hydrogens (tertiary/aromatic N) is 2. The van der Waals surface area contributed by atoms with Crippen LogP contribution in [-0.2, 0) is 7.05 Å². The molecule has 0 bridgehead atoms. The zero-order valence-electron chi connectivity index (χ0n) is 9.44. The van der Waals surface area contributed by atoms with Crippen LogP contribution < -0.4 is 4.74 Å². The molecule has 0 aliphatic rings. The molecule has 1 aromatic carbocycles. The van der Waals surface area contributed by atoms with Crippen molar-refractivity contribution < 1.29 is 4.74 Å². The Balaban J connectivity index is 2.52. The van der Waals surface area contributed by atoms with Crippen molar-refractivity contribution in [2.45, 2.75) is 6.92 Å². The van der Waals surface area contributed by atoms with Crippen LogP contribution in [0.4, 0.5) is 0 Å². The highest BCUT2D eigenvalue weighted by atomic mass is 32.1. The Bertz CT molecular complexity index is 571. The zero-order chi connectivity index (χ0) is 11.7. The van der Waals surface area contributed by atoms with Crippen molar-refractivity contribution in [1.82, 2.24) is 14.8 Å².